The van der Waals surface area contributed by atoms with E-state index in [0.717, 1.165) is 18.6 Å². The van der Waals surface area contributed by atoms with Gasteiger partial charge in [-0.1, -0.05) is 24.3 Å². The van der Waals surface area contributed by atoms with Crippen molar-refractivity contribution < 1.29 is 4.42 Å². The summed E-state index contributed by atoms with van der Waals surface area (Å²) in [5.74, 6) is 6.45. The van der Waals surface area contributed by atoms with E-state index in [1.165, 1.54) is 11.1 Å². The van der Waals surface area contributed by atoms with E-state index in [0.29, 0.717) is 0 Å². The predicted molar refractivity (Wildman–Crippen MR) is 68.3 cm³/mol. The summed E-state index contributed by atoms with van der Waals surface area (Å²) < 4.78 is 5.36. The lowest BCUT2D eigenvalue weighted by Crippen LogP contribution is -2.28. The van der Waals surface area contributed by atoms with Gasteiger partial charge in [-0.25, -0.2) is 5.43 Å². The quantitative estimate of drug-likeness (QED) is 0.613. The van der Waals surface area contributed by atoms with Crippen molar-refractivity contribution in [3.63, 3.8) is 0 Å². The fraction of sp³-hybridized carbons (Fsp3) is 0.286. The van der Waals surface area contributed by atoms with Crippen molar-refractivity contribution in [3.05, 3.63) is 59.5 Å². The van der Waals surface area contributed by atoms with E-state index in [2.05, 4.69) is 36.6 Å². The molecule has 0 aliphatic rings. The van der Waals surface area contributed by atoms with Gasteiger partial charge in [0, 0.05) is 0 Å². The molecule has 0 radical (unpaired) electrons. The Hall–Kier alpha value is -1.58. The highest BCUT2D eigenvalue weighted by molar-refractivity contribution is 5.25. The van der Waals surface area contributed by atoms with Gasteiger partial charge in [-0.3, -0.25) is 5.84 Å². The van der Waals surface area contributed by atoms with Gasteiger partial charge in [-0.15, -0.1) is 0 Å². The van der Waals surface area contributed by atoms with Crippen LogP contribution in [0.1, 0.15) is 29.3 Å². The Balaban J connectivity index is 2.00. The van der Waals surface area contributed by atoms with E-state index in [1.807, 2.05) is 12.1 Å². The van der Waals surface area contributed by atoms with Crippen LogP contribution in [0.3, 0.4) is 0 Å². The largest absolute Gasteiger partial charge is 0.468 e. The number of furan rings is 1. The number of nitrogens with two attached hydrogens (primary N) is 1. The van der Waals surface area contributed by atoms with E-state index in [9.17, 15) is 0 Å². The van der Waals surface area contributed by atoms with Crippen LogP contribution in [0.15, 0.2) is 47.1 Å². The van der Waals surface area contributed by atoms with E-state index < -0.39 is 0 Å². The fourth-order valence-electron chi connectivity index (χ4n) is 1.99. The monoisotopic (exact) mass is 230 g/mol. The fourth-order valence-corrected chi connectivity index (χ4v) is 1.99. The molecule has 2 aromatic rings. The second-order valence-corrected chi connectivity index (χ2v) is 4.20. The van der Waals surface area contributed by atoms with E-state index >= 15 is 0 Å². The molecule has 0 bridgehead atoms. The van der Waals surface area contributed by atoms with Gasteiger partial charge in [0.05, 0.1) is 12.3 Å². The molecular formula is C14H18N2O. The zero-order valence-electron chi connectivity index (χ0n) is 10.0. The molecule has 2 rings (SSSR count). The number of hydrazine groups is 1. The Labute approximate surface area is 102 Å². The molecule has 1 unspecified atom stereocenters. The molecule has 1 atom stereocenters. The maximum absolute atomic E-state index is 5.56. The highest BCUT2D eigenvalue weighted by atomic mass is 16.3. The average molecular weight is 230 g/mol. The smallest absolute Gasteiger partial charge is 0.122 e. The number of nitrogens with one attached hydrogen (secondary N) is 1. The van der Waals surface area contributed by atoms with Crippen LogP contribution in [0.5, 0.6) is 0 Å². The zero-order chi connectivity index (χ0) is 12.1. The van der Waals surface area contributed by atoms with Crippen molar-refractivity contribution in [1.29, 1.82) is 0 Å². The van der Waals surface area contributed by atoms with Crippen LogP contribution in [-0.2, 0) is 6.42 Å². The molecule has 0 saturated heterocycles. The maximum Gasteiger partial charge on any atom is 0.122 e. The molecule has 1 aromatic carbocycles. The van der Waals surface area contributed by atoms with E-state index in [1.54, 1.807) is 6.26 Å². The lowest BCUT2D eigenvalue weighted by atomic mass is 10.0. The first-order chi connectivity index (χ1) is 8.31. The van der Waals surface area contributed by atoms with Crippen molar-refractivity contribution >= 4 is 0 Å². The van der Waals surface area contributed by atoms with Crippen molar-refractivity contribution in [1.82, 2.24) is 5.43 Å². The molecule has 3 nitrogen and oxygen atoms in total. The van der Waals surface area contributed by atoms with E-state index in [4.69, 9.17) is 10.3 Å². The van der Waals surface area contributed by atoms with Gasteiger partial charge in [0.1, 0.15) is 5.76 Å². The van der Waals surface area contributed by atoms with Gasteiger partial charge < -0.3 is 4.42 Å². The Morgan fingerprint density at radius 3 is 2.71 bits per heavy atom. The maximum atomic E-state index is 5.56. The van der Waals surface area contributed by atoms with Crippen LogP contribution in [0.25, 0.3) is 0 Å². The molecule has 0 spiro atoms. The molecule has 0 amide bonds. The third-order valence-electron chi connectivity index (χ3n) is 3.05. The van der Waals surface area contributed by atoms with Gasteiger partial charge >= 0.3 is 0 Å². The molecule has 0 fully saturated rings. The number of rotatable bonds is 5. The second-order valence-electron chi connectivity index (χ2n) is 4.20. The van der Waals surface area contributed by atoms with Crippen LogP contribution < -0.4 is 11.3 Å². The SMILES string of the molecule is Cc1ccccc1CCC(NN)c1ccco1. The summed E-state index contributed by atoms with van der Waals surface area (Å²) in [6, 6.07) is 12.3. The van der Waals surface area contributed by atoms with Gasteiger partial charge in [0.25, 0.3) is 0 Å². The van der Waals surface area contributed by atoms with Crippen molar-refractivity contribution in [2.45, 2.75) is 25.8 Å². The Morgan fingerprint density at radius 1 is 1.24 bits per heavy atom. The van der Waals surface area contributed by atoms with Gasteiger partial charge in [0.2, 0.25) is 0 Å². The first kappa shape index (κ1) is 11.9. The first-order valence-electron chi connectivity index (χ1n) is 5.85. The molecule has 0 aliphatic heterocycles. The number of benzene rings is 1. The third-order valence-corrected chi connectivity index (χ3v) is 3.05. The standard InChI is InChI=1S/C14H18N2O/c1-11-5-2-3-6-12(11)8-9-13(16-15)14-7-4-10-17-14/h2-7,10,13,16H,8-9,15H2,1H3. The van der Waals surface area contributed by atoms with Crippen LogP contribution in [-0.4, -0.2) is 0 Å². The van der Waals surface area contributed by atoms with Crippen molar-refractivity contribution in [2.24, 2.45) is 5.84 Å². The summed E-state index contributed by atoms with van der Waals surface area (Å²) in [5.41, 5.74) is 5.48. The minimum Gasteiger partial charge on any atom is -0.468 e. The van der Waals surface area contributed by atoms with Crippen LogP contribution >= 0.6 is 0 Å². The highest BCUT2D eigenvalue weighted by Crippen LogP contribution is 2.20. The number of hydrogen-bond donors (Lipinski definition) is 2. The first-order valence-corrected chi connectivity index (χ1v) is 5.85. The predicted octanol–water partition coefficient (Wildman–Crippen LogP) is 2.73. The summed E-state index contributed by atoms with van der Waals surface area (Å²) in [7, 11) is 0. The molecule has 3 heteroatoms. The minimum atomic E-state index is 0.0737. The molecule has 1 heterocycles. The number of aryl methyl sites for hydroxylation is 2. The molecule has 3 N–H and O–H groups in total. The molecule has 17 heavy (non-hydrogen) atoms. The topological polar surface area (TPSA) is 51.2 Å². The molecular weight excluding hydrogens is 212 g/mol. The Morgan fingerprint density at radius 2 is 2.06 bits per heavy atom. The summed E-state index contributed by atoms with van der Waals surface area (Å²) in [6.07, 6.45) is 3.59. The van der Waals surface area contributed by atoms with Crippen molar-refractivity contribution in [2.75, 3.05) is 0 Å². The third kappa shape index (κ3) is 2.96. The lowest BCUT2D eigenvalue weighted by Gasteiger charge is -2.14. The summed E-state index contributed by atoms with van der Waals surface area (Å²) in [4.78, 5) is 0. The summed E-state index contributed by atoms with van der Waals surface area (Å²) in [6.45, 7) is 2.13. The zero-order valence-corrected chi connectivity index (χ0v) is 10.0. The summed E-state index contributed by atoms with van der Waals surface area (Å²) >= 11 is 0. The Bertz CT molecular complexity index is 451. The van der Waals surface area contributed by atoms with Crippen LogP contribution in [0.4, 0.5) is 0 Å². The molecule has 0 saturated carbocycles. The van der Waals surface area contributed by atoms with Gasteiger partial charge in [-0.05, 0) is 43.0 Å². The van der Waals surface area contributed by atoms with E-state index in [-0.39, 0.29) is 6.04 Å². The Kier molecular flexibility index (Phi) is 3.96. The second kappa shape index (κ2) is 5.66. The molecule has 90 valence electrons. The molecule has 1 aromatic heterocycles. The normalized spacial score (nSPS) is 12.6. The van der Waals surface area contributed by atoms with Crippen LogP contribution in [0, 0.1) is 6.92 Å². The lowest BCUT2D eigenvalue weighted by molar-refractivity contribution is 0.401. The van der Waals surface area contributed by atoms with Crippen molar-refractivity contribution in [3.8, 4) is 0 Å². The summed E-state index contributed by atoms with van der Waals surface area (Å²) in [5, 5.41) is 0. The highest BCUT2D eigenvalue weighted by Gasteiger charge is 2.12. The van der Waals surface area contributed by atoms with Crippen LogP contribution in [0.2, 0.25) is 0 Å². The molecule has 0 aliphatic carbocycles. The number of hydrogen-bond acceptors (Lipinski definition) is 3. The van der Waals surface area contributed by atoms with Gasteiger partial charge in [-0.2, -0.15) is 0 Å². The minimum absolute atomic E-state index is 0.0737. The van der Waals surface area contributed by atoms with Gasteiger partial charge in [0.15, 0.2) is 0 Å². The average Bonchev–Trinajstić information content (AvgIpc) is 2.86.